The molecule has 1 rings (SSSR count). The van der Waals surface area contributed by atoms with E-state index in [0.717, 1.165) is 12.8 Å². The van der Waals surface area contributed by atoms with Crippen LogP contribution in [0.2, 0.25) is 0 Å². The number of rotatable bonds is 6. The molecule has 15 heavy (non-hydrogen) atoms. The Hall–Kier alpha value is -0.570. The molecule has 1 aliphatic rings. The topological polar surface area (TPSA) is 38.8 Å². The van der Waals surface area contributed by atoms with Crippen LogP contribution in [-0.2, 0) is 14.3 Å². The maximum atomic E-state index is 11.6. The molecule has 0 spiro atoms. The number of unbranched alkanes of at least 4 members (excludes halogenated alkanes) is 2. The van der Waals surface area contributed by atoms with Crippen LogP contribution in [0.1, 0.15) is 46.5 Å². The summed E-state index contributed by atoms with van der Waals surface area (Å²) in [6.45, 7) is 6.87. The fraction of sp³-hybridized carbons (Fsp3) is 0.917. The third kappa shape index (κ3) is 2.33. The number of methoxy groups -OCH3 is 1. The molecule has 0 aromatic rings. The average Bonchev–Trinajstić information content (AvgIpc) is 2.98. The number of carbonyl (C=O) groups is 1. The Labute approximate surface area is 92.1 Å². The second kappa shape index (κ2) is 4.52. The van der Waals surface area contributed by atoms with E-state index in [4.69, 9.17) is 9.47 Å². The van der Waals surface area contributed by atoms with Crippen LogP contribution >= 0.6 is 0 Å². The summed E-state index contributed by atoms with van der Waals surface area (Å²) in [5.74, 6) is -0.219. The van der Waals surface area contributed by atoms with Crippen molar-refractivity contribution in [2.75, 3.05) is 13.7 Å². The molecule has 0 aromatic carbocycles. The molecule has 3 heteroatoms. The van der Waals surface area contributed by atoms with Gasteiger partial charge < -0.3 is 9.47 Å². The molecular weight excluding hydrogens is 192 g/mol. The summed E-state index contributed by atoms with van der Waals surface area (Å²) >= 11 is 0. The molecule has 0 aliphatic carbocycles. The number of epoxide rings is 1. The van der Waals surface area contributed by atoms with Crippen LogP contribution < -0.4 is 0 Å². The fourth-order valence-corrected chi connectivity index (χ4v) is 2.04. The van der Waals surface area contributed by atoms with Crippen LogP contribution in [0.3, 0.4) is 0 Å². The van der Waals surface area contributed by atoms with Crippen molar-refractivity contribution in [3.63, 3.8) is 0 Å². The van der Waals surface area contributed by atoms with E-state index in [0.29, 0.717) is 6.61 Å². The first-order valence-electron chi connectivity index (χ1n) is 5.72. The predicted molar refractivity (Wildman–Crippen MR) is 58.6 cm³/mol. The van der Waals surface area contributed by atoms with Gasteiger partial charge in [0.2, 0.25) is 0 Å². The van der Waals surface area contributed by atoms with Crippen LogP contribution in [0.15, 0.2) is 0 Å². The smallest absolute Gasteiger partial charge is 0.341 e. The van der Waals surface area contributed by atoms with E-state index in [9.17, 15) is 4.79 Å². The van der Waals surface area contributed by atoms with Gasteiger partial charge >= 0.3 is 5.97 Å². The van der Waals surface area contributed by atoms with E-state index in [1.165, 1.54) is 20.0 Å². The van der Waals surface area contributed by atoms with E-state index in [2.05, 4.69) is 20.8 Å². The van der Waals surface area contributed by atoms with Crippen LogP contribution in [0.25, 0.3) is 0 Å². The lowest BCUT2D eigenvalue weighted by Gasteiger charge is -2.29. The Morgan fingerprint density at radius 3 is 2.47 bits per heavy atom. The Kier molecular flexibility index (Phi) is 3.77. The van der Waals surface area contributed by atoms with Crippen molar-refractivity contribution in [2.45, 2.75) is 52.1 Å². The highest BCUT2D eigenvalue weighted by molar-refractivity contribution is 5.83. The summed E-state index contributed by atoms with van der Waals surface area (Å²) in [5.41, 5.74) is -0.773. The van der Waals surface area contributed by atoms with Gasteiger partial charge in [0.05, 0.1) is 13.7 Å². The molecule has 1 atom stereocenters. The molecule has 1 unspecified atom stereocenters. The van der Waals surface area contributed by atoms with Crippen molar-refractivity contribution in [1.82, 2.24) is 0 Å². The SMILES string of the molecule is CCCCCC(C)(C)C1(C(=O)OC)CO1. The monoisotopic (exact) mass is 214 g/mol. The summed E-state index contributed by atoms with van der Waals surface area (Å²) in [4.78, 5) is 11.6. The van der Waals surface area contributed by atoms with Crippen LogP contribution in [0, 0.1) is 5.41 Å². The highest BCUT2D eigenvalue weighted by Gasteiger charge is 2.63. The molecule has 0 radical (unpaired) electrons. The number of esters is 1. The summed E-state index contributed by atoms with van der Waals surface area (Å²) in [5, 5.41) is 0. The lowest BCUT2D eigenvalue weighted by Crippen LogP contribution is -2.41. The summed E-state index contributed by atoms with van der Waals surface area (Å²) < 4.78 is 10.2. The summed E-state index contributed by atoms with van der Waals surface area (Å²) in [6, 6.07) is 0. The highest BCUT2D eigenvalue weighted by atomic mass is 16.6. The average molecular weight is 214 g/mol. The van der Waals surface area contributed by atoms with Crippen molar-refractivity contribution in [3.05, 3.63) is 0 Å². The zero-order chi connectivity index (χ0) is 11.5. The van der Waals surface area contributed by atoms with Gasteiger partial charge in [-0.2, -0.15) is 0 Å². The van der Waals surface area contributed by atoms with E-state index in [-0.39, 0.29) is 11.4 Å². The molecule has 0 N–H and O–H groups in total. The number of ether oxygens (including phenoxy) is 2. The van der Waals surface area contributed by atoms with E-state index in [1.54, 1.807) is 0 Å². The second-order valence-electron chi connectivity index (χ2n) is 4.95. The van der Waals surface area contributed by atoms with Crippen molar-refractivity contribution < 1.29 is 14.3 Å². The first-order valence-corrected chi connectivity index (χ1v) is 5.72. The van der Waals surface area contributed by atoms with Crippen molar-refractivity contribution >= 4 is 5.97 Å². The maximum absolute atomic E-state index is 11.6. The van der Waals surface area contributed by atoms with Crippen LogP contribution in [0.4, 0.5) is 0 Å². The molecule has 1 heterocycles. The first kappa shape index (κ1) is 12.5. The molecule has 1 fully saturated rings. The third-order valence-electron chi connectivity index (χ3n) is 3.45. The van der Waals surface area contributed by atoms with Gasteiger partial charge in [-0.25, -0.2) is 4.79 Å². The van der Waals surface area contributed by atoms with Gasteiger partial charge in [-0.05, 0) is 6.42 Å². The second-order valence-corrected chi connectivity index (χ2v) is 4.95. The predicted octanol–water partition coefficient (Wildman–Crippen LogP) is 2.53. The van der Waals surface area contributed by atoms with Crippen molar-refractivity contribution in [3.8, 4) is 0 Å². The van der Waals surface area contributed by atoms with Gasteiger partial charge in [0.1, 0.15) is 0 Å². The molecule has 1 saturated heterocycles. The number of hydrogen-bond donors (Lipinski definition) is 0. The van der Waals surface area contributed by atoms with E-state index < -0.39 is 5.60 Å². The molecule has 0 amide bonds. The lowest BCUT2D eigenvalue weighted by molar-refractivity contribution is -0.152. The number of carbonyl (C=O) groups excluding carboxylic acids is 1. The molecule has 1 aliphatic heterocycles. The van der Waals surface area contributed by atoms with Gasteiger partial charge in [-0.3, -0.25) is 0 Å². The fourth-order valence-electron chi connectivity index (χ4n) is 2.04. The van der Waals surface area contributed by atoms with Gasteiger partial charge in [-0.1, -0.05) is 40.0 Å². The minimum atomic E-state index is -0.657. The Morgan fingerprint density at radius 2 is 2.07 bits per heavy atom. The number of hydrogen-bond acceptors (Lipinski definition) is 3. The summed E-state index contributed by atoms with van der Waals surface area (Å²) in [7, 11) is 1.42. The Bertz CT molecular complexity index is 229. The molecular formula is C12H22O3. The van der Waals surface area contributed by atoms with Gasteiger partial charge in [0, 0.05) is 5.41 Å². The van der Waals surface area contributed by atoms with Gasteiger partial charge in [0.25, 0.3) is 0 Å². The molecule has 0 bridgehead atoms. The third-order valence-corrected chi connectivity index (χ3v) is 3.45. The maximum Gasteiger partial charge on any atom is 0.341 e. The van der Waals surface area contributed by atoms with E-state index in [1.807, 2.05) is 0 Å². The van der Waals surface area contributed by atoms with E-state index >= 15 is 0 Å². The van der Waals surface area contributed by atoms with Gasteiger partial charge in [-0.15, -0.1) is 0 Å². The van der Waals surface area contributed by atoms with Crippen LogP contribution in [-0.4, -0.2) is 25.3 Å². The van der Waals surface area contributed by atoms with Gasteiger partial charge in [0.15, 0.2) is 5.60 Å². The Balaban J connectivity index is 2.56. The molecule has 0 saturated carbocycles. The standard InChI is InChI=1S/C12H22O3/c1-5-6-7-8-11(2,3)12(9-15-12)10(13)14-4/h5-9H2,1-4H3. The molecule has 3 nitrogen and oxygen atoms in total. The minimum absolute atomic E-state index is 0.116. The quantitative estimate of drug-likeness (QED) is 0.387. The first-order chi connectivity index (χ1) is 7.00. The molecule has 0 aromatic heterocycles. The summed E-state index contributed by atoms with van der Waals surface area (Å²) in [6.07, 6.45) is 4.56. The zero-order valence-electron chi connectivity index (χ0n) is 10.3. The largest absolute Gasteiger partial charge is 0.467 e. The minimum Gasteiger partial charge on any atom is -0.467 e. The Morgan fingerprint density at radius 1 is 1.47 bits per heavy atom. The van der Waals surface area contributed by atoms with Crippen LogP contribution in [0.5, 0.6) is 0 Å². The van der Waals surface area contributed by atoms with Crippen molar-refractivity contribution in [1.29, 1.82) is 0 Å². The lowest BCUT2D eigenvalue weighted by atomic mass is 9.75. The zero-order valence-corrected chi connectivity index (χ0v) is 10.3. The molecule has 88 valence electrons. The highest BCUT2D eigenvalue weighted by Crippen LogP contribution is 2.48. The van der Waals surface area contributed by atoms with Crippen molar-refractivity contribution in [2.24, 2.45) is 5.41 Å². The normalized spacial score (nSPS) is 25.1.